The van der Waals surface area contributed by atoms with E-state index in [1.54, 1.807) is 6.07 Å². The van der Waals surface area contributed by atoms with Gasteiger partial charge in [-0.05, 0) is 24.6 Å². The standard InChI is InChI=1S/C14H20ClN3O2.ClH/c1-10-12(15)3-2-4-13(10)17-14(19)9-18-5-6-20-11(7-16)8-18;/h2-4,11H,5-9,16H2,1H3,(H,17,19);1H. The van der Waals surface area contributed by atoms with Gasteiger partial charge in [-0.25, -0.2) is 0 Å². The van der Waals surface area contributed by atoms with Crippen LogP contribution in [0.4, 0.5) is 5.69 Å². The van der Waals surface area contributed by atoms with Crippen molar-refractivity contribution in [2.45, 2.75) is 13.0 Å². The Hall–Kier alpha value is -0.850. The summed E-state index contributed by atoms with van der Waals surface area (Å²) < 4.78 is 5.48. The molecule has 0 aromatic heterocycles. The Labute approximate surface area is 136 Å². The molecule has 1 aromatic rings. The first-order chi connectivity index (χ1) is 9.60. The fourth-order valence-electron chi connectivity index (χ4n) is 2.20. The number of nitrogens with two attached hydrogens (primary N) is 1. The highest BCUT2D eigenvalue weighted by Crippen LogP contribution is 2.22. The van der Waals surface area contributed by atoms with Crippen molar-refractivity contribution in [3.63, 3.8) is 0 Å². The van der Waals surface area contributed by atoms with Gasteiger partial charge in [-0.1, -0.05) is 17.7 Å². The molecule has 21 heavy (non-hydrogen) atoms. The molecular weight excluding hydrogens is 313 g/mol. The minimum atomic E-state index is -0.0481. The van der Waals surface area contributed by atoms with E-state index in [0.29, 0.717) is 31.3 Å². The van der Waals surface area contributed by atoms with E-state index in [1.165, 1.54) is 0 Å². The second-order valence-electron chi connectivity index (χ2n) is 4.92. The lowest BCUT2D eigenvalue weighted by molar-refractivity contribution is -0.119. The maximum absolute atomic E-state index is 12.1. The van der Waals surface area contributed by atoms with E-state index in [2.05, 4.69) is 10.2 Å². The number of ether oxygens (including phenoxy) is 1. The summed E-state index contributed by atoms with van der Waals surface area (Å²) in [4.78, 5) is 14.1. The van der Waals surface area contributed by atoms with Crippen LogP contribution in [0.3, 0.4) is 0 Å². The smallest absolute Gasteiger partial charge is 0.238 e. The fourth-order valence-corrected chi connectivity index (χ4v) is 2.38. The number of benzene rings is 1. The number of hydrogen-bond donors (Lipinski definition) is 2. The quantitative estimate of drug-likeness (QED) is 0.879. The number of anilines is 1. The third kappa shape index (κ3) is 5.13. The van der Waals surface area contributed by atoms with Crippen LogP contribution in [0.2, 0.25) is 5.02 Å². The maximum Gasteiger partial charge on any atom is 0.238 e. The molecular formula is C14H21Cl2N3O2. The van der Waals surface area contributed by atoms with Gasteiger partial charge in [0.2, 0.25) is 5.91 Å². The van der Waals surface area contributed by atoms with Crippen molar-refractivity contribution in [1.29, 1.82) is 0 Å². The minimum Gasteiger partial charge on any atom is -0.374 e. The highest BCUT2D eigenvalue weighted by molar-refractivity contribution is 6.31. The van der Waals surface area contributed by atoms with Crippen molar-refractivity contribution < 1.29 is 9.53 Å². The summed E-state index contributed by atoms with van der Waals surface area (Å²) in [7, 11) is 0. The topological polar surface area (TPSA) is 67.6 Å². The van der Waals surface area contributed by atoms with E-state index < -0.39 is 0 Å². The average Bonchev–Trinajstić information content (AvgIpc) is 2.44. The van der Waals surface area contributed by atoms with Crippen molar-refractivity contribution in [2.75, 3.05) is 38.1 Å². The Bertz CT molecular complexity index is 485. The van der Waals surface area contributed by atoms with Crippen molar-refractivity contribution >= 4 is 35.6 Å². The lowest BCUT2D eigenvalue weighted by atomic mass is 10.2. The SMILES string of the molecule is Cc1c(Cl)cccc1NC(=O)CN1CCOC(CN)C1.Cl. The van der Waals surface area contributed by atoms with Gasteiger partial charge in [0.25, 0.3) is 0 Å². The van der Waals surface area contributed by atoms with Crippen molar-refractivity contribution in [1.82, 2.24) is 4.90 Å². The van der Waals surface area contributed by atoms with Gasteiger partial charge < -0.3 is 15.8 Å². The lowest BCUT2D eigenvalue weighted by Crippen LogP contribution is -2.48. The van der Waals surface area contributed by atoms with Crippen LogP contribution in [0, 0.1) is 6.92 Å². The Morgan fingerprint density at radius 2 is 2.33 bits per heavy atom. The molecule has 2 rings (SSSR count). The highest BCUT2D eigenvalue weighted by Gasteiger charge is 2.21. The van der Waals surface area contributed by atoms with Gasteiger partial charge in [0.15, 0.2) is 0 Å². The third-order valence-electron chi connectivity index (χ3n) is 3.39. The number of nitrogens with zero attached hydrogens (tertiary/aromatic N) is 1. The zero-order valence-corrected chi connectivity index (χ0v) is 13.5. The summed E-state index contributed by atoms with van der Waals surface area (Å²) >= 11 is 6.03. The van der Waals surface area contributed by atoms with E-state index in [0.717, 1.165) is 17.8 Å². The van der Waals surface area contributed by atoms with Gasteiger partial charge in [-0.15, -0.1) is 12.4 Å². The van der Waals surface area contributed by atoms with E-state index in [4.69, 9.17) is 22.1 Å². The molecule has 1 aliphatic heterocycles. The van der Waals surface area contributed by atoms with Crippen molar-refractivity contribution in [3.05, 3.63) is 28.8 Å². The van der Waals surface area contributed by atoms with Crippen LogP contribution in [0.5, 0.6) is 0 Å². The number of carbonyl (C=O) groups excluding carboxylic acids is 1. The van der Waals surface area contributed by atoms with Crippen LogP contribution < -0.4 is 11.1 Å². The van der Waals surface area contributed by atoms with Gasteiger partial charge in [0, 0.05) is 30.3 Å². The highest BCUT2D eigenvalue weighted by atomic mass is 35.5. The molecule has 0 spiro atoms. The van der Waals surface area contributed by atoms with Gasteiger partial charge >= 0.3 is 0 Å². The monoisotopic (exact) mass is 333 g/mol. The van der Waals surface area contributed by atoms with Crippen molar-refractivity contribution in [3.8, 4) is 0 Å². The number of carbonyl (C=O) groups is 1. The Morgan fingerprint density at radius 3 is 3.05 bits per heavy atom. The number of nitrogens with one attached hydrogen (secondary N) is 1. The fraction of sp³-hybridized carbons (Fsp3) is 0.500. The zero-order chi connectivity index (χ0) is 14.5. The molecule has 1 fully saturated rings. The Kier molecular flexibility index (Phi) is 7.42. The molecule has 0 saturated carbocycles. The largest absolute Gasteiger partial charge is 0.374 e. The number of halogens is 2. The molecule has 1 aliphatic rings. The molecule has 3 N–H and O–H groups in total. The normalized spacial score (nSPS) is 18.9. The minimum absolute atomic E-state index is 0. The maximum atomic E-state index is 12.1. The molecule has 0 radical (unpaired) electrons. The molecule has 0 aliphatic carbocycles. The van der Waals surface area contributed by atoms with Crippen molar-refractivity contribution in [2.24, 2.45) is 5.73 Å². The van der Waals surface area contributed by atoms with Gasteiger partial charge in [-0.3, -0.25) is 9.69 Å². The summed E-state index contributed by atoms with van der Waals surface area (Å²) in [5.74, 6) is -0.0481. The summed E-state index contributed by atoms with van der Waals surface area (Å²) in [6.45, 7) is 4.76. The predicted octanol–water partition coefficient (Wildman–Crippen LogP) is 1.67. The summed E-state index contributed by atoms with van der Waals surface area (Å²) in [6, 6.07) is 5.48. The number of hydrogen-bond acceptors (Lipinski definition) is 4. The molecule has 0 bridgehead atoms. The molecule has 1 heterocycles. The third-order valence-corrected chi connectivity index (χ3v) is 3.80. The summed E-state index contributed by atoms with van der Waals surface area (Å²) in [5, 5.41) is 3.54. The first kappa shape index (κ1) is 18.2. The van der Waals surface area contributed by atoms with Gasteiger partial charge in [0.05, 0.1) is 19.3 Å². The average molecular weight is 334 g/mol. The second kappa shape index (κ2) is 8.56. The van der Waals surface area contributed by atoms with Gasteiger partial charge in [-0.2, -0.15) is 0 Å². The molecule has 1 saturated heterocycles. The first-order valence-electron chi connectivity index (χ1n) is 6.69. The number of morpholine rings is 1. The molecule has 1 unspecified atom stereocenters. The van der Waals surface area contributed by atoms with E-state index >= 15 is 0 Å². The van der Waals surface area contributed by atoms with E-state index in [1.807, 2.05) is 19.1 Å². The van der Waals surface area contributed by atoms with Crippen LogP contribution in [0.1, 0.15) is 5.56 Å². The summed E-state index contributed by atoms with van der Waals surface area (Å²) in [5.41, 5.74) is 7.22. The first-order valence-corrected chi connectivity index (χ1v) is 7.07. The Morgan fingerprint density at radius 1 is 1.57 bits per heavy atom. The predicted molar refractivity (Wildman–Crippen MR) is 87.3 cm³/mol. The molecule has 7 heteroatoms. The Balaban J connectivity index is 0.00000220. The van der Waals surface area contributed by atoms with Crippen LogP contribution in [0.25, 0.3) is 0 Å². The van der Waals surface area contributed by atoms with E-state index in [-0.39, 0.29) is 24.4 Å². The molecule has 118 valence electrons. The molecule has 5 nitrogen and oxygen atoms in total. The zero-order valence-electron chi connectivity index (χ0n) is 12.0. The van der Waals surface area contributed by atoms with Gasteiger partial charge in [0.1, 0.15) is 0 Å². The summed E-state index contributed by atoms with van der Waals surface area (Å²) in [6.07, 6.45) is 0.0180. The molecule has 1 atom stereocenters. The number of rotatable bonds is 4. The second-order valence-corrected chi connectivity index (χ2v) is 5.33. The van der Waals surface area contributed by atoms with Crippen LogP contribution in [-0.2, 0) is 9.53 Å². The van der Waals surface area contributed by atoms with Crippen LogP contribution >= 0.6 is 24.0 Å². The van der Waals surface area contributed by atoms with Crippen LogP contribution in [-0.4, -0.2) is 49.7 Å². The molecule has 1 amide bonds. The van der Waals surface area contributed by atoms with Crippen LogP contribution in [0.15, 0.2) is 18.2 Å². The molecule has 1 aromatic carbocycles. The number of amides is 1. The lowest BCUT2D eigenvalue weighted by Gasteiger charge is -2.31. The van der Waals surface area contributed by atoms with E-state index in [9.17, 15) is 4.79 Å².